The van der Waals surface area contributed by atoms with Gasteiger partial charge in [0.25, 0.3) is 0 Å². The second-order valence-corrected chi connectivity index (χ2v) is 7.38. The smallest absolute Gasteiger partial charge is 0.178 e. The highest BCUT2D eigenvalue weighted by Gasteiger charge is 2.20. The lowest BCUT2D eigenvalue weighted by atomic mass is 10.2. The van der Waals surface area contributed by atoms with E-state index in [4.69, 9.17) is 9.47 Å². The molecule has 0 fully saturated rings. The molecule has 0 amide bonds. The lowest BCUT2D eigenvalue weighted by molar-refractivity contribution is 0.171. The molecule has 0 saturated carbocycles. The van der Waals surface area contributed by atoms with Crippen LogP contribution in [0.2, 0.25) is 0 Å². The van der Waals surface area contributed by atoms with E-state index in [1.807, 2.05) is 6.92 Å². The number of hydrogen-bond acceptors (Lipinski definition) is 5. The molecule has 0 bridgehead atoms. The first-order valence-electron chi connectivity index (χ1n) is 7.38. The fourth-order valence-corrected chi connectivity index (χ4v) is 3.62. The molecule has 1 N–H and O–H groups in total. The molecule has 5 nitrogen and oxygen atoms in total. The molecule has 0 aromatic heterocycles. The minimum atomic E-state index is -3.29. The van der Waals surface area contributed by atoms with E-state index in [2.05, 4.69) is 12.2 Å². The van der Waals surface area contributed by atoms with E-state index in [0.29, 0.717) is 36.0 Å². The summed E-state index contributed by atoms with van der Waals surface area (Å²) in [5, 5.41) is 3.30. The minimum absolute atomic E-state index is 0.129. The number of benzene rings is 1. The number of sulfone groups is 1. The van der Waals surface area contributed by atoms with Crippen LogP contribution < -0.4 is 14.8 Å². The van der Waals surface area contributed by atoms with Crippen molar-refractivity contribution < 1.29 is 17.9 Å². The standard InChI is InChI=1S/C15H23NO4S/c1-3-7-16-12(2)6-10-21(17,18)13-4-5-14-15(11-13)20-9-8-19-14/h4-5,11-12,16H,3,6-10H2,1-2H3. The van der Waals surface area contributed by atoms with Crippen molar-refractivity contribution in [2.75, 3.05) is 25.5 Å². The summed E-state index contributed by atoms with van der Waals surface area (Å²) >= 11 is 0. The maximum atomic E-state index is 12.4. The van der Waals surface area contributed by atoms with E-state index in [1.54, 1.807) is 18.2 Å². The summed E-state index contributed by atoms with van der Waals surface area (Å²) in [6, 6.07) is 5.01. The molecular formula is C15H23NO4S. The Hall–Kier alpha value is -1.27. The van der Waals surface area contributed by atoms with Gasteiger partial charge in [-0.05, 0) is 38.4 Å². The lowest BCUT2D eigenvalue weighted by Gasteiger charge is -2.19. The summed E-state index contributed by atoms with van der Waals surface area (Å²) in [4.78, 5) is 0.300. The van der Waals surface area contributed by atoms with Crippen LogP contribution in [0.3, 0.4) is 0 Å². The summed E-state index contributed by atoms with van der Waals surface area (Å²) in [5.74, 6) is 1.25. The zero-order valence-corrected chi connectivity index (χ0v) is 13.4. The molecule has 2 rings (SSSR count). The van der Waals surface area contributed by atoms with Crippen LogP contribution in [-0.2, 0) is 9.84 Å². The maximum Gasteiger partial charge on any atom is 0.178 e. The van der Waals surface area contributed by atoms with Gasteiger partial charge in [0, 0.05) is 12.1 Å². The summed E-state index contributed by atoms with van der Waals surface area (Å²) in [5.41, 5.74) is 0. The molecule has 1 aliphatic heterocycles. The van der Waals surface area contributed by atoms with E-state index in [-0.39, 0.29) is 11.8 Å². The van der Waals surface area contributed by atoms with Gasteiger partial charge in [0.1, 0.15) is 13.2 Å². The largest absolute Gasteiger partial charge is 0.486 e. The van der Waals surface area contributed by atoms with Crippen molar-refractivity contribution in [3.63, 3.8) is 0 Å². The number of nitrogens with one attached hydrogen (secondary N) is 1. The van der Waals surface area contributed by atoms with Crippen molar-refractivity contribution in [2.24, 2.45) is 0 Å². The summed E-state index contributed by atoms with van der Waals surface area (Å²) in [6.45, 7) is 5.96. The first kappa shape index (κ1) is 16.1. The Morgan fingerprint density at radius 1 is 1.24 bits per heavy atom. The first-order valence-corrected chi connectivity index (χ1v) is 9.04. The molecule has 21 heavy (non-hydrogen) atoms. The molecule has 1 aromatic carbocycles. The number of ether oxygens (including phenoxy) is 2. The average Bonchev–Trinajstić information content (AvgIpc) is 2.50. The van der Waals surface area contributed by atoms with E-state index < -0.39 is 9.84 Å². The zero-order chi connectivity index (χ0) is 15.3. The second kappa shape index (κ2) is 7.13. The van der Waals surface area contributed by atoms with Crippen LogP contribution in [0.15, 0.2) is 23.1 Å². The number of fused-ring (bicyclic) bond motifs is 1. The van der Waals surface area contributed by atoms with Crippen LogP contribution in [0.25, 0.3) is 0 Å². The monoisotopic (exact) mass is 313 g/mol. The molecule has 118 valence electrons. The van der Waals surface area contributed by atoms with E-state index in [9.17, 15) is 8.42 Å². The molecule has 0 spiro atoms. The van der Waals surface area contributed by atoms with Gasteiger partial charge >= 0.3 is 0 Å². The van der Waals surface area contributed by atoms with Gasteiger partial charge in [-0.15, -0.1) is 0 Å². The predicted octanol–water partition coefficient (Wildman–Crippen LogP) is 2.01. The van der Waals surface area contributed by atoms with Gasteiger partial charge in [0.15, 0.2) is 21.3 Å². The molecule has 0 aliphatic carbocycles. The summed E-state index contributed by atoms with van der Waals surface area (Å²) < 4.78 is 35.6. The van der Waals surface area contributed by atoms with Gasteiger partial charge in [0.05, 0.1) is 10.6 Å². The minimum Gasteiger partial charge on any atom is -0.486 e. The molecule has 1 unspecified atom stereocenters. The molecule has 0 radical (unpaired) electrons. The van der Waals surface area contributed by atoms with Gasteiger partial charge in [0.2, 0.25) is 0 Å². The Labute approximate surface area is 126 Å². The van der Waals surface area contributed by atoms with Gasteiger partial charge in [-0.3, -0.25) is 0 Å². The van der Waals surface area contributed by atoms with E-state index >= 15 is 0 Å². The van der Waals surface area contributed by atoms with Crippen molar-refractivity contribution in [3.05, 3.63) is 18.2 Å². The molecule has 6 heteroatoms. The van der Waals surface area contributed by atoms with Crippen LogP contribution in [0.5, 0.6) is 11.5 Å². The molecule has 1 heterocycles. The van der Waals surface area contributed by atoms with Crippen LogP contribution in [-0.4, -0.2) is 40.0 Å². The SMILES string of the molecule is CCCNC(C)CCS(=O)(=O)c1ccc2c(c1)OCCO2. The van der Waals surface area contributed by atoms with Crippen LogP contribution in [0.1, 0.15) is 26.7 Å². The van der Waals surface area contributed by atoms with E-state index in [1.165, 1.54) is 0 Å². The lowest BCUT2D eigenvalue weighted by Crippen LogP contribution is -2.28. The third kappa shape index (κ3) is 4.35. The Morgan fingerprint density at radius 3 is 2.67 bits per heavy atom. The molecule has 1 aromatic rings. The fraction of sp³-hybridized carbons (Fsp3) is 0.600. The summed E-state index contributed by atoms with van der Waals surface area (Å²) in [6.07, 6.45) is 1.63. The molecule has 1 aliphatic rings. The number of rotatable bonds is 7. The predicted molar refractivity (Wildman–Crippen MR) is 81.9 cm³/mol. The highest BCUT2D eigenvalue weighted by atomic mass is 32.2. The van der Waals surface area contributed by atoms with Crippen molar-refractivity contribution in [1.29, 1.82) is 0 Å². The number of hydrogen-bond donors (Lipinski definition) is 1. The highest BCUT2D eigenvalue weighted by Crippen LogP contribution is 2.32. The van der Waals surface area contributed by atoms with Gasteiger partial charge in [-0.25, -0.2) is 8.42 Å². The third-order valence-corrected chi connectivity index (χ3v) is 5.18. The van der Waals surface area contributed by atoms with Gasteiger partial charge in [-0.1, -0.05) is 6.92 Å². The van der Waals surface area contributed by atoms with Crippen LogP contribution >= 0.6 is 0 Å². The molecule has 1 atom stereocenters. The van der Waals surface area contributed by atoms with Gasteiger partial charge in [-0.2, -0.15) is 0 Å². The highest BCUT2D eigenvalue weighted by molar-refractivity contribution is 7.91. The third-order valence-electron chi connectivity index (χ3n) is 3.44. The summed E-state index contributed by atoms with van der Waals surface area (Å²) in [7, 11) is -3.29. The van der Waals surface area contributed by atoms with Crippen molar-refractivity contribution >= 4 is 9.84 Å². The van der Waals surface area contributed by atoms with Crippen LogP contribution in [0.4, 0.5) is 0 Å². The second-order valence-electron chi connectivity index (χ2n) is 5.27. The normalized spacial score (nSPS) is 15.7. The fourth-order valence-electron chi connectivity index (χ4n) is 2.16. The van der Waals surface area contributed by atoms with Crippen molar-refractivity contribution in [1.82, 2.24) is 5.32 Å². The Morgan fingerprint density at radius 2 is 1.95 bits per heavy atom. The zero-order valence-electron chi connectivity index (χ0n) is 12.6. The molecule has 0 saturated heterocycles. The Kier molecular flexibility index (Phi) is 5.47. The topological polar surface area (TPSA) is 64.6 Å². The quantitative estimate of drug-likeness (QED) is 0.834. The van der Waals surface area contributed by atoms with Crippen molar-refractivity contribution in [3.8, 4) is 11.5 Å². The average molecular weight is 313 g/mol. The Balaban J connectivity index is 2.02. The molecular weight excluding hydrogens is 290 g/mol. The van der Waals surface area contributed by atoms with Crippen LogP contribution in [0, 0.1) is 0 Å². The Bertz CT molecular complexity index is 571. The van der Waals surface area contributed by atoms with E-state index in [0.717, 1.165) is 13.0 Å². The van der Waals surface area contributed by atoms with Gasteiger partial charge < -0.3 is 14.8 Å². The maximum absolute atomic E-state index is 12.4. The van der Waals surface area contributed by atoms with Crippen molar-refractivity contribution in [2.45, 2.75) is 37.6 Å². The first-order chi connectivity index (χ1) is 10.0.